The number of anilines is 2. The molecule has 0 unspecified atom stereocenters. The number of benzene rings is 5. The van der Waals surface area contributed by atoms with Gasteiger partial charge in [0.2, 0.25) is 0 Å². The number of halogens is 2. The number of aryl methyl sites for hydroxylation is 1. The van der Waals surface area contributed by atoms with Crippen LogP contribution in [0.1, 0.15) is 39.7 Å². The molecule has 0 spiro atoms. The largest absolute Gasteiger partial charge is 0.524 e. The van der Waals surface area contributed by atoms with Crippen LogP contribution in [-0.4, -0.2) is 56.2 Å². The summed E-state index contributed by atoms with van der Waals surface area (Å²) in [7, 11) is -9.79. The molecule has 284 valence electrons. The Balaban J connectivity index is 1.11. The highest BCUT2D eigenvalue weighted by atomic mass is 35.5. The van der Waals surface area contributed by atoms with Crippen molar-refractivity contribution >= 4 is 95.7 Å². The Morgan fingerprint density at radius 2 is 1.13 bits per heavy atom. The summed E-state index contributed by atoms with van der Waals surface area (Å²) in [6.07, 6.45) is 6.17. The van der Waals surface area contributed by atoms with Gasteiger partial charge in [0.25, 0.3) is 11.8 Å². The topological polar surface area (TPSA) is 174 Å². The number of hydrogen-bond acceptors (Lipinski definition) is 6. The number of fused-ring (bicyclic) bond motifs is 6. The molecule has 0 aromatic heterocycles. The molecule has 7 rings (SSSR count). The minimum absolute atomic E-state index is 0.0439. The highest BCUT2D eigenvalue weighted by Gasteiger charge is 2.36. The molecule has 0 aliphatic carbocycles. The summed E-state index contributed by atoms with van der Waals surface area (Å²) < 4.78 is 33.6. The van der Waals surface area contributed by atoms with Gasteiger partial charge in [-0.3, -0.25) is 29.2 Å². The van der Waals surface area contributed by atoms with Crippen molar-refractivity contribution in [2.75, 3.05) is 34.6 Å². The summed E-state index contributed by atoms with van der Waals surface area (Å²) >= 11 is 12.7. The van der Waals surface area contributed by atoms with Gasteiger partial charge in [-0.2, -0.15) is 0 Å². The molecule has 5 aromatic rings. The third-order valence-corrected chi connectivity index (χ3v) is 11.3. The van der Waals surface area contributed by atoms with Gasteiger partial charge in [-0.15, -0.1) is 23.2 Å². The van der Waals surface area contributed by atoms with Gasteiger partial charge in [0.05, 0.1) is 11.4 Å². The Bertz CT molecular complexity index is 2530. The standard InChI is InChI=1S/C39H34Cl2N2O10P2/c1-23-16-24(11-14-36(44)42-21-26(19-40)38-30-8-4-2-6-28(30)34(17-32(38)42)52-54(46,47)48)10-12-25(23)13-15-37(45)43-22-27(20-41)39-31-9-5-3-7-29(31)35(18-33(39)43)53-55(49,50)51/h2-18,26-27H,19-22H2,1H3,(H2,46,47,48)(H2,49,50,51)/b14-11+,15-13+/t26-,27-/m1/s1. The van der Waals surface area contributed by atoms with Crippen molar-refractivity contribution in [2.45, 2.75) is 18.8 Å². The van der Waals surface area contributed by atoms with Gasteiger partial charge < -0.3 is 18.8 Å². The second kappa shape index (κ2) is 15.2. The van der Waals surface area contributed by atoms with Crippen LogP contribution in [0.3, 0.4) is 0 Å². The van der Waals surface area contributed by atoms with Crippen LogP contribution in [0.5, 0.6) is 11.5 Å². The van der Waals surface area contributed by atoms with Crippen LogP contribution in [0.25, 0.3) is 33.7 Å². The zero-order valence-electron chi connectivity index (χ0n) is 29.1. The van der Waals surface area contributed by atoms with Crippen LogP contribution < -0.4 is 18.8 Å². The molecule has 0 bridgehead atoms. The first-order valence-electron chi connectivity index (χ1n) is 17.0. The molecule has 2 amide bonds. The van der Waals surface area contributed by atoms with E-state index >= 15 is 0 Å². The zero-order chi connectivity index (χ0) is 39.2. The molecule has 2 heterocycles. The number of carbonyl (C=O) groups is 2. The van der Waals surface area contributed by atoms with Crippen LogP contribution in [0.15, 0.2) is 91.0 Å². The molecule has 2 aliphatic heterocycles. The lowest BCUT2D eigenvalue weighted by Crippen LogP contribution is -2.28. The second-order valence-corrected chi connectivity index (χ2v) is 16.2. The number of alkyl halides is 2. The van der Waals surface area contributed by atoms with Gasteiger partial charge in [-0.05, 0) is 57.7 Å². The van der Waals surface area contributed by atoms with E-state index < -0.39 is 15.6 Å². The molecule has 2 aliphatic rings. The summed E-state index contributed by atoms with van der Waals surface area (Å²) in [6.45, 7) is 2.40. The molecular formula is C39H34Cl2N2O10P2. The second-order valence-electron chi connectivity index (χ2n) is 13.3. The number of hydrogen-bond donors (Lipinski definition) is 4. The van der Waals surface area contributed by atoms with Gasteiger partial charge in [-0.1, -0.05) is 66.7 Å². The minimum atomic E-state index is -4.90. The highest BCUT2D eigenvalue weighted by Crippen LogP contribution is 2.50. The van der Waals surface area contributed by atoms with Crippen molar-refractivity contribution in [2.24, 2.45) is 0 Å². The van der Waals surface area contributed by atoms with Crippen LogP contribution in [0.2, 0.25) is 0 Å². The van der Waals surface area contributed by atoms with Gasteiger partial charge in [0.15, 0.2) is 0 Å². The average molecular weight is 824 g/mol. The van der Waals surface area contributed by atoms with Crippen molar-refractivity contribution in [1.29, 1.82) is 0 Å². The average Bonchev–Trinajstić information content (AvgIpc) is 3.71. The summed E-state index contributed by atoms with van der Waals surface area (Å²) in [5, 5.41) is 2.37. The number of amides is 2. The maximum Gasteiger partial charge on any atom is 0.524 e. The third kappa shape index (κ3) is 7.96. The lowest BCUT2D eigenvalue weighted by atomic mass is 9.95. The summed E-state index contributed by atoms with van der Waals surface area (Å²) in [5.74, 6) is -0.799. The molecule has 0 saturated carbocycles. The quantitative estimate of drug-likeness (QED) is 0.0614. The van der Waals surface area contributed by atoms with Crippen LogP contribution >= 0.6 is 38.8 Å². The fraction of sp³-hybridized carbons (Fsp3) is 0.179. The lowest BCUT2D eigenvalue weighted by molar-refractivity contribution is -0.114. The Hall–Kier alpha value is -4.48. The SMILES string of the molecule is Cc1cc(/C=C/C(=O)N2C[C@@H](CCl)c3c2cc(OP(=O)(O)O)c2ccccc32)ccc1/C=C/C(=O)N1C[C@@H](CCl)c2c1cc(OP(=O)(O)O)c1ccccc21. The summed E-state index contributed by atoms with van der Waals surface area (Å²) in [4.78, 5) is 68.6. The Morgan fingerprint density at radius 1 is 0.691 bits per heavy atom. The molecular weight excluding hydrogens is 789 g/mol. The molecule has 4 N–H and O–H groups in total. The van der Waals surface area contributed by atoms with E-state index in [-0.39, 0.29) is 60.0 Å². The fourth-order valence-electron chi connectivity index (χ4n) is 7.40. The Kier molecular flexibility index (Phi) is 10.7. The number of nitrogens with zero attached hydrogens (tertiary/aromatic N) is 2. The van der Waals surface area contributed by atoms with Crippen LogP contribution in [0, 0.1) is 6.92 Å². The molecule has 0 radical (unpaired) electrons. The summed E-state index contributed by atoms with van der Waals surface area (Å²) in [6, 6.07) is 22.5. The number of carbonyl (C=O) groups excluding carboxylic acids is 2. The zero-order valence-corrected chi connectivity index (χ0v) is 32.4. The molecule has 16 heteroatoms. The molecule has 2 atom stereocenters. The van der Waals surface area contributed by atoms with E-state index in [0.717, 1.165) is 27.8 Å². The van der Waals surface area contributed by atoms with Crippen LogP contribution in [-0.2, 0) is 18.7 Å². The first-order valence-corrected chi connectivity index (χ1v) is 21.1. The van der Waals surface area contributed by atoms with Gasteiger partial charge in [0, 0.05) is 71.7 Å². The maximum atomic E-state index is 13.6. The number of phosphoric acid groups is 2. The first kappa shape index (κ1) is 38.8. The number of rotatable bonds is 10. The Morgan fingerprint density at radius 3 is 1.55 bits per heavy atom. The minimum Gasteiger partial charge on any atom is -0.404 e. The molecule has 0 fully saturated rings. The number of phosphoric ester groups is 2. The summed E-state index contributed by atoms with van der Waals surface area (Å²) in [5.41, 5.74) is 4.80. The molecule has 12 nitrogen and oxygen atoms in total. The third-order valence-electron chi connectivity index (χ3n) is 9.71. The maximum absolute atomic E-state index is 13.6. The molecule has 55 heavy (non-hydrogen) atoms. The molecule has 5 aromatic carbocycles. The van der Waals surface area contributed by atoms with Gasteiger partial charge in [-0.25, -0.2) is 9.13 Å². The van der Waals surface area contributed by atoms with E-state index in [1.165, 1.54) is 34.1 Å². The van der Waals surface area contributed by atoms with Gasteiger partial charge in [0.1, 0.15) is 11.5 Å². The van der Waals surface area contributed by atoms with Crippen molar-refractivity contribution < 1.29 is 47.3 Å². The van der Waals surface area contributed by atoms with Crippen molar-refractivity contribution in [1.82, 2.24) is 0 Å². The fourth-order valence-corrected chi connectivity index (χ4v) is 8.72. The molecule has 0 saturated heterocycles. The van der Waals surface area contributed by atoms with Crippen LogP contribution in [0.4, 0.5) is 11.4 Å². The predicted molar refractivity (Wildman–Crippen MR) is 214 cm³/mol. The van der Waals surface area contributed by atoms with E-state index in [2.05, 4.69) is 0 Å². The first-order chi connectivity index (χ1) is 26.2. The van der Waals surface area contributed by atoms with E-state index in [1.807, 2.05) is 19.1 Å². The van der Waals surface area contributed by atoms with E-state index in [0.29, 0.717) is 32.9 Å². The van der Waals surface area contributed by atoms with E-state index in [9.17, 15) is 38.3 Å². The van der Waals surface area contributed by atoms with Crippen molar-refractivity contribution in [3.05, 3.63) is 119 Å². The predicted octanol–water partition coefficient (Wildman–Crippen LogP) is 8.01. The monoisotopic (exact) mass is 822 g/mol. The normalized spacial score (nSPS) is 17.1. The highest BCUT2D eigenvalue weighted by molar-refractivity contribution is 7.47. The smallest absolute Gasteiger partial charge is 0.404 e. The van der Waals surface area contributed by atoms with E-state index in [1.54, 1.807) is 66.7 Å². The lowest BCUT2D eigenvalue weighted by Gasteiger charge is -2.18. The Labute approximate surface area is 325 Å². The van der Waals surface area contributed by atoms with Crippen molar-refractivity contribution in [3.63, 3.8) is 0 Å². The van der Waals surface area contributed by atoms with Gasteiger partial charge >= 0.3 is 15.6 Å². The van der Waals surface area contributed by atoms with E-state index in [4.69, 9.17) is 32.2 Å². The van der Waals surface area contributed by atoms with Crippen molar-refractivity contribution in [3.8, 4) is 11.5 Å².